The van der Waals surface area contributed by atoms with Crippen molar-refractivity contribution in [2.45, 2.75) is 6.42 Å². The molecule has 0 unspecified atom stereocenters. The number of fused-ring (bicyclic) bond motifs is 5. The minimum atomic E-state index is 0.821. The van der Waals surface area contributed by atoms with E-state index in [1.165, 1.54) is 72.2 Å². The summed E-state index contributed by atoms with van der Waals surface area (Å²) in [6.45, 7) is 0. The first-order valence-electron chi connectivity index (χ1n) is 21.7. The summed E-state index contributed by atoms with van der Waals surface area (Å²) in [6, 6.07) is 76.4. The zero-order chi connectivity index (χ0) is 41.7. The van der Waals surface area contributed by atoms with Gasteiger partial charge < -0.3 is 4.90 Å². The van der Waals surface area contributed by atoms with Gasteiger partial charge >= 0.3 is 0 Å². The van der Waals surface area contributed by atoms with Gasteiger partial charge in [0.1, 0.15) is 5.82 Å². The van der Waals surface area contributed by atoms with Crippen molar-refractivity contribution in [1.82, 2.24) is 9.55 Å². The first-order valence-corrected chi connectivity index (χ1v) is 21.7. The third kappa shape index (κ3) is 6.41. The summed E-state index contributed by atoms with van der Waals surface area (Å²) in [5.41, 5.74) is 20.1. The molecule has 0 saturated heterocycles. The van der Waals surface area contributed by atoms with Crippen LogP contribution in [0.3, 0.4) is 0 Å². The molecular weight excluding hydrogens is 763 g/mol. The summed E-state index contributed by atoms with van der Waals surface area (Å²) >= 11 is 0. The van der Waals surface area contributed by atoms with Crippen LogP contribution in [0.15, 0.2) is 242 Å². The minimum absolute atomic E-state index is 0.821. The monoisotopic (exact) mass is 803 g/mol. The van der Waals surface area contributed by atoms with Crippen LogP contribution in [0.4, 0.5) is 5.69 Å². The van der Waals surface area contributed by atoms with Crippen molar-refractivity contribution < 1.29 is 0 Å². The summed E-state index contributed by atoms with van der Waals surface area (Å²) in [5, 5.41) is 2.50. The molecule has 0 saturated carbocycles. The number of hydrogen-bond donors (Lipinski definition) is 0. The Hall–Kier alpha value is -8.27. The molecule has 0 spiro atoms. The van der Waals surface area contributed by atoms with Crippen LogP contribution in [-0.4, -0.2) is 9.55 Å². The van der Waals surface area contributed by atoms with E-state index in [4.69, 9.17) is 4.98 Å². The normalized spacial score (nSPS) is 13.1. The Morgan fingerprint density at radius 2 is 0.889 bits per heavy atom. The maximum Gasteiger partial charge on any atom is 0.145 e. The second kappa shape index (κ2) is 15.3. The molecule has 10 aromatic rings. The van der Waals surface area contributed by atoms with Crippen molar-refractivity contribution in [2.24, 2.45) is 0 Å². The smallest absolute Gasteiger partial charge is 0.145 e. The molecule has 1 aromatic heterocycles. The van der Waals surface area contributed by atoms with Gasteiger partial charge in [0.25, 0.3) is 0 Å². The fraction of sp³-hybridized carbons (Fsp3) is 0.0167. The van der Waals surface area contributed by atoms with Crippen molar-refractivity contribution in [2.75, 3.05) is 4.90 Å². The van der Waals surface area contributed by atoms with Gasteiger partial charge in [0.05, 0.1) is 16.7 Å². The molecule has 3 heterocycles. The van der Waals surface area contributed by atoms with Crippen LogP contribution in [0.25, 0.3) is 89.0 Å². The van der Waals surface area contributed by atoms with Crippen molar-refractivity contribution in [3.8, 4) is 61.6 Å². The number of rotatable bonds is 7. The first kappa shape index (κ1) is 36.6. The molecule has 0 atom stereocenters. The highest BCUT2D eigenvalue weighted by molar-refractivity contribution is 6.13. The highest BCUT2D eigenvalue weighted by Gasteiger charge is 2.29. The van der Waals surface area contributed by atoms with E-state index in [9.17, 15) is 0 Å². The van der Waals surface area contributed by atoms with Crippen LogP contribution < -0.4 is 4.90 Å². The van der Waals surface area contributed by atoms with E-state index < -0.39 is 0 Å². The van der Waals surface area contributed by atoms with Crippen LogP contribution in [-0.2, 0) is 6.42 Å². The molecule has 2 aliphatic rings. The lowest BCUT2D eigenvalue weighted by atomic mass is 9.82. The number of nitrogens with zero attached hydrogens (tertiary/aromatic N) is 3. The topological polar surface area (TPSA) is 21.1 Å². The molecule has 0 radical (unpaired) electrons. The van der Waals surface area contributed by atoms with Crippen LogP contribution >= 0.6 is 0 Å². The highest BCUT2D eigenvalue weighted by atomic mass is 15.1. The van der Waals surface area contributed by atoms with Crippen LogP contribution in [0.5, 0.6) is 0 Å². The van der Waals surface area contributed by atoms with Crippen LogP contribution in [0.2, 0.25) is 0 Å². The van der Waals surface area contributed by atoms with Crippen molar-refractivity contribution in [3.05, 3.63) is 254 Å². The maximum absolute atomic E-state index is 5.14. The largest absolute Gasteiger partial charge is 0.316 e. The van der Waals surface area contributed by atoms with Gasteiger partial charge in [0, 0.05) is 28.7 Å². The zero-order valence-electron chi connectivity index (χ0n) is 34.6. The Morgan fingerprint density at radius 3 is 1.54 bits per heavy atom. The van der Waals surface area contributed by atoms with Crippen molar-refractivity contribution in [1.29, 1.82) is 0 Å². The Morgan fingerprint density at radius 1 is 0.397 bits per heavy atom. The lowest BCUT2D eigenvalue weighted by Gasteiger charge is -2.36. The molecule has 0 aliphatic carbocycles. The van der Waals surface area contributed by atoms with Crippen LogP contribution in [0, 0.1) is 0 Å². The molecule has 0 amide bonds. The van der Waals surface area contributed by atoms with Gasteiger partial charge in [-0.1, -0.05) is 200 Å². The Balaban J connectivity index is 1.01. The molecule has 63 heavy (non-hydrogen) atoms. The molecule has 12 rings (SSSR count). The number of benzene rings is 9. The van der Waals surface area contributed by atoms with E-state index in [-0.39, 0.29) is 0 Å². The van der Waals surface area contributed by atoms with E-state index in [1.807, 2.05) is 0 Å². The number of anilines is 1. The Bertz CT molecular complexity index is 3410. The van der Waals surface area contributed by atoms with E-state index in [2.05, 4.69) is 246 Å². The maximum atomic E-state index is 5.14. The van der Waals surface area contributed by atoms with Gasteiger partial charge in [0.15, 0.2) is 0 Å². The minimum Gasteiger partial charge on any atom is -0.316 e. The van der Waals surface area contributed by atoms with E-state index >= 15 is 0 Å². The molecule has 0 bridgehead atoms. The zero-order valence-corrected chi connectivity index (χ0v) is 34.6. The summed E-state index contributed by atoms with van der Waals surface area (Å²) in [4.78, 5) is 7.59. The summed E-state index contributed by atoms with van der Waals surface area (Å²) in [6.07, 6.45) is 10.1. The van der Waals surface area contributed by atoms with Gasteiger partial charge in [-0.05, 0) is 103 Å². The van der Waals surface area contributed by atoms with Crippen molar-refractivity contribution >= 4 is 33.1 Å². The first-order chi connectivity index (χ1) is 31.2. The fourth-order valence-electron chi connectivity index (χ4n) is 9.60. The predicted octanol–water partition coefficient (Wildman–Crippen LogP) is 15.4. The lowest BCUT2D eigenvalue weighted by molar-refractivity contribution is 1.08. The highest BCUT2D eigenvalue weighted by Crippen LogP contribution is 2.51. The van der Waals surface area contributed by atoms with E-state index in [0.717, 1.165) is 45.7 Å². The van der Waals surface area contributed by atoms with Crippen molar-refractivity contribution in [3.63, 3.8) is 0 Å². The Labute approximate surface area is 367 Å². The predicted molar refractivity (Wildman–Crippen MR) is 264 cm³/mol. The lowest BCUT2D eigenvalue weighted by Crippen LogP contribution is -2.23. The summed E-state index contributed by atoms with van der Waals surface area (Å²) < 4.78 is 2.26. The van der Waals surface area contributed by atoms with Gasteiger partial charge in [-0.2, -0.15) is 0 Å². The number of allylic oxidation sites excluding steroid dienone is 4. The number of hydrogen-bond acceptors (Lipinski definition) is 2. The third-order valence-electron chi connectivity index (χ3n) is 12.6. The van der Waals surface area contributed by atoms with Crippen LogP contribution in [0.1, 0.15) is 11.1 Å². The number of para-hydroxylation sites is 3. The number of imidazole rings is 1. The molecule has 9 aromatic carbocycles. The Kier molecular flexibility index (Phi) is 8.90. The molecule has 296 valence electrons. The number of aromatic nitrogens is 2. The average Bonchev–Trinajstić information content (AvgIpc) is 3.76. The summed E-state index contributed by atoms with van der Waals surface area (Å²) in [5.74, 6) is 0.927. The second-order valence-electron chi connectivity index (χ2n) is 16.3. The van der Waals surface area contributed by atoms with Gasteiger partial charge in [-0.15, -0.1) is 0 Å². The molecule has 2 aliphatic heterocycles. The molecule has 0 fully saturated rings. The quantitative estimate of drug-likeness (QED) is 0.160. The van der Waals surface area contributed by atoms with Gasteiger partial charge in [0.2, 0.25) is 0 Å². The standard InChI is InChI=1S/C60H41N3/c1-4-14-41(15-5-1)43-24-30-46(31-25-43)57-52-20-10-11-21-53(52)58(47-32-26-44(27-33-47)42-16-6-2-7-17-42)59-54(57)39-38-50-37-36-49(40-62(50)59)45-28-34-48(35-29-45)60-61-55-22-12-13-23-56(55)63(60)51-18-8-3-9-19-51/h1-38,40H,39H2. The SMILES string of the molecule is C1=CC2=CCc3c(c(-c4ccc(-c5ccccc5)cc4)c4ccccc4c3-c3ccc(-c4ccccc4)cc3)N2C=C1c1ccc(-c2nc3ccccc3n2-c2ccccc2)cc1. The molecule has 3 heteroatoms. The molecular formula is C60H41N3. The van der Waals surface area contributed by atoms with E-state index in [1.54, 1.807) is 0 Å². The summed E-state index contributed by atoms with van der Waals surface area (Å²) in [7, 11) is 0. The molecule has 0 N–H and O–H groups in total. The van der Waals surface area contributed by atoms with E-state index in [0.29, 0.717) is 0 Å². The second-order valence-corrected chi connectivity index (χ2v) is 16.3. The average molecular weight is 804 g/mol. The van der Waals surface area contributed by atoms with Gasteiger partial charge in [-0.25, -0.2) is 4.98 Å². The van der Waals surface area contributed by atoms with Gasteiger partial charge in [-0.3, -0.25) is 4.57 Å². The fourth-order valence-corrected chi connectivity index (χ4v) is 9.60. The molecule has 3 nitrogen and oxygen atoms in total. The third-order valence-corrected chi connectivity index (χ3v) is 12.6.